The minimum absolute atomic E-state index is 0.0670. The first-order valence-corrected chi connectivity index (χ1v) is 9.32. The molecule has 1 unspecified atom stereocenters. The van der Waals surface area contributed by atoms with Crippen molar-refractivity contribution in [2.75, 3.05) is 11.1 Å². The Morgan fingerprint density at radius 2 is 1.79 bits per heavy atom. The van der Waals surface area contributed by atoms with Gasteiger partial charge in [-0.1, -0.05) is 59.6 Å². The highest BCUT2D eigenvalue weighted by molar-refractivity contribution is 8.00. The molecule has 0 fully saturated rings. The molecule has 5 heteroatoms. The number of halogens is 2. The van der Waals surface area contributed by atoms with Gasteiger partial charge in [0.2, 0.25) is 0 Å². The number of hydrogen-bond donors (Lipinski definition) is 1. The lowest BCUT2D eigenvalue weighted by molar-refractivity contribution is 0.102. The third-order valence-corrected chi connectivity index (χ3v) is 6.01. The Labute approximate surface area is 154 Å². The lowest BCUT2D eigenvalue weighted by Gasteiger charge is -2.24. The van der Waals surface area contributed by atoms with Crippen LogP contribution in [0.1, 0.15) is 21.3 Å². The monoisotopic (exact) mass is 373 g/mol. The number of ketones is 1. The van der Waals surface area contributed by atoms with E-state index in [2.05, 4.69) is 5.32 Å². The molecule has 1 aliphatic heterocycles. The molecule has 2 nitrogen and oxygen atoms in total. The Hall–Kier alpha value is -1.68. The summed E-state index contributed by atoms with van der Waals surface area (Å²) >= 11 is 13.7. The van der Waals surface area contributed by atoms with Gasteiger partial charge in [-0.3, -0.25) is 4.79 Å². The molecular weight excluding hydrogens is 361 g/mol. The first-order valence-electron chi connectivity index (χ1n) is 7.51. The summed E-state index contributed by atoms with van der Waals surface area (Å²) in [5, 5.41) is 6.58. The molecule has 1 aliphatic rings. The van der Waals surface area contributed by atoms with Crippen LogP contribution in [0.5, 0.6) is 0 Å². The van der Waals surface area contributed by atoms with Crippen molar-refractivity contribution in [1.82, 2.24) is 0 Å². The van der Waals surface area contributed by atoms with Crippen LogP contribution in [0.2, 0.25) is 10.0 Å². The van der Waals surface area contributed by atoms with E-state index in [4.69, 9.17) is 23.2 Å². The molecule has 0 amide bonds. The number of benzene rings is 3. The van der Waals surface area contributed by atoms with Crippen LogP contribution in [0.4, 0.5) is 5.69 Å². The Bertz CT molecular complexity index is 952. The van der Waals surface area contributed by atoms with Crippen LogP contribution < -0.4 is 5.32 Å². The van der Waals surface area contributed by atoms with Gasteiger partial charge in [0, 0.05) is 16.6 Å². The first kappa shape index (κ1) is 15.8. The van der Waals surface area contributed by atoms with E-state index in [-0.39, 0.29) is 11.2 Å². The maximum absolute atomic E-state index is 12.6. The number of rotatable bonds is 1. The van der Waals surface area contributed by atoms with E-state index in [1.165, 1.54) is 0 Å². The molecule has 120 valence electrons. The third-order valence-electron chi connectivity index (χ3n) is 4.12. The van der Waals surface area contributed by atoms with Crippen LogP contribution in [-0.2, 0) is 0 Å². The summed E-state index contributed by atoms with van der Waals surface area (Å²) in [5.74, 6) is 0.551. The second-order valence-electron chi connectivity index (χ2n) is 5.64. The quantitative estimate of drug-likeness (QED) is 0.551. The minimum atomic E-state index is -0.0670. The summed E-state index contributed by atoms with van der Waals surface area (Å²) in [6.45, 7) is 0. The molecule has 3 aromatic rings. The van der Waals surface area contributed by atoms with E-state index in [1.807, 2.05) is 48.5 Å². The van der Waals surface area contributed by atoms with Crippen molar-refractivity contribution in [1.29, 1.82) is 0 Å². The number of nitrogens with one attached hydrogen (secondary N) is 1. The summed E-state index contributed by atoms with van der Waals surface area (Å²) in [6.07, 6.45) is 0. The number of thioether (sulfide) groups is 1. The highest BCUT2D eigenvalue weighted by atomic mass is 35.5. The van der Waals surface area contributed by atoms with E-state index >= 15 is 0 Å². The molecule has 0 saturated heterocycles. The highest BCUT2D eigenvalue weighted by Crippen LogP contribution is 2.39. The van der Waals surface area contributed by atoms with Crippen molar-refractivity contribution in [3.8, 4) is 0 Å². The van der Waals surface area contributed by atoms with Gasteiger partial charge in [-0.25, -0.2) is 0 Å². The molecule has 0 bridgehead atoms. The van der Waals surface area contributed by atoms with Gasteiger partial charge in [0.25, 0.3) is 0 Å². The maximum atomic E-state index is 12.6. The molecule has 1 atom stereocenters. The SMILES string of the molecule is O=C1CSC(c2ccc(Cl)c(Cl)c2)Nc2cccc3cccc1c23. The lowest BCUT2D eigenvalue weighted by Crippen LogP contribution is -2.15. The zero-order chi connectivity index (χ0) is 16.7. The summed E-state index contributed by atoms with van der Waals surface area (Å²) in [7, 11) is 0. The predicted molar refractivity (Wildman–Crippen MR) is 104 cm³/mol. The summed E-state index contributed by atoms with van der Waals surface area (Å²) in [6, 6.07) is 17.5. The van der Waals surface area contributed by atoms with E-state index in [0.717, 1.165) is 27.6 Å². The second-order valence-corrected chi connectivity index (χ2v) is 7.55. The smallest absolute Gasteiger partial charge is 0.173 e. The summed E-state index contributed by atoms with van der Waals surface area (Å²) < 4.78 is 0. The second kappa shape index (κ2) is 6.32. The topological polar surface area (TPSA) is 29.1 Å². The van der Waals surface area contributed by atoms with Gasteiger partial charge in [0.15, 0.2) is 5.78 Å². The van der Waals surface area contributed by atoms with Crippen molar-refractivity contribution in [3.63, 3.8) is 0 Å². The predicted octanol–water partition coefficient (Wildman–Crippen LogP) is 6.19. The van der Waals surface area contributed by atoms with Crippen molar-refractivity contribution >= 4 is 57.2 Å². The van der Waals surface area contributed by atoms with Crippen molar-refractivity contribution in [2.45, 2.75) is 5.37 Å². The molecule has 3 aromatic carbocycles. The van der Waals surface area contributed by atoms with Crippen LogP contribution in [0.15, 0.2) is 54.6 Å². The van der Waals surface area contributed by atoms with Crippen LogP contribution >= 0.6 is 35.0 Å². The summed E-state index contributed by atoms with van der Waals surface area (Å²) in [4.78, 5) is 12.6. The molecule has 0 aromatic heterocycles. The third kappa shape index (κ3) is 2.77. The number of carbonyl (C=O) groups is 1. The van der Waals surface area contributed by atoms with Gasteiger partial charge in [0.05, 0.1) is 21.2 Å². The Kier molecular flexibility index (Phi) is 4.17. The van der Waals surface area contributed by atoms with Crippen molar-refractivity contribution in [3.05, 3.63) is 75.8 Å². The van der Waals surface area contributed by atoms with Crippen LogP contribution in [0, 0.1) is 0 Å². The number of Topliss-reactive ketones (excluding diaryl/α,β-unsaturated/α-hetero) is 1. The lowest BCUT2D eigenvalue weighted by atomic mass is 10.00. The average Bonchev–Trinajstić information content (AvgIpc) is 2.59. The largest absolute Gasteiger partial charge is 0.369 e. The zero-order valence-corrected chi connectivity index (χ0v) is 14.9. The van der Waals surface area contributed by atoms with Gasteiger partial charge in [-0.2, -0.15) is 0 Å². The fraction of sp³-hybridized carbons (Fsp3) is 0.105. The molecule has 1 N–H and O–H groups in total. The number of anilines is 1. The summed E-state index contributed by atoms with van der Waals surface area (Å²) in [5.41, 5.74) is 2.73. The van der Waals surface area contributed by atoms with Gasteiger partial charge in [-0.15, -0.1) is 11.8 Å². The van der Waals surface area contributed by atoms with Crippen LogP contribution in [0.25, 0.3) is 10.8 Å². The van der Waals surface area contributed by atoms with E-state index in [1.54, 1.807) is 17.8 Å². The Morgan fingerprint density at radius 3 is 2.58 bits per heavy atom. The van der Waals surface area contributed by atoms with E-state index < -0.39 is 0 Å². The first-order chi connectivity index (χ1) is 11.6. The van der Waals surface area contributed by atoms with Crippen LogP contribution in [-0.4, -0.2) is 11.5 Å². The fourth-order valence-electron chi connectivity index (χ4n) is 2.97. The molecular formula is C19H13Cl2NOS. The number of hydrogen-bond acceptors (Lipinski definition) is 3. The fourth-order valence-corrected chi connectivity index (χ4v) is 4.30. The van der Waals surface area contributed by atoms with Gasteiger partial charge >= 0.3 is 0 Å². The molecule has 0 saturated carbocycles. The highest BCUT2D eigenvalue weighted by Gasteiger charge is 2.22. The van der Waals surface area contributed by atoms with Gasteiger partial charge < -0.3 is 5.32 Å². The van der Waals surface area contributed by atoms with Crippen LogP contribution in [0.3, 0.4) is 0 Å². The number of carbonyl (C=O) groups excluding carboxylic acids is 1. The molecule has 0 aliphatic carbocycles. The molecule has 0 radical (unpaired) electrons. The normalized spacial score (nSPS) is 17.2. The molecule has 24 heavy (non-hydrogen) atoms. The van der Waals surface area contributed by atoms with Crippen molar-refractivity contribution in [2.24, 2.45) is 0 Å². The average molecular weight is 374 g/mol. The Morgan fingerprint density at radius 1 is 1.00 bits per heavy atom. The minimum Gasteiger partial charge on any atom is -0.369 e. The van der Waals surface area contributed by atoms with Gasteiger partial charge in [-0.05, 0) is 29.1 Å². The van der Waals surface area contributed by atoms with Crippen molar-refractivity contribution < 1.29 is 4.79 Å². The maximum Gasteiger partial charge on any atom is 0.173 e. The van der Waals surface area contributed by atoms with E-state index in [0.29, 0.717) is 15.8 Å². The molecule has 1 heterocycles. The van der Waals surface area contributed by atoms with E-state index in [9.17, 15) is 4.79 Å². The molecule has 0 spiro atoms. The zero-order valence-electron chi connectivity index (χ0n) is 12.6. The van der Waals surface area contributed by atoms with Gasteiger partial charge in [0.1, 0.15) is 0 Å². The standard InChI is InChI=1S/C19H13Cl2NOS/c20-14-8-7-12(9-15(14)21)19-22-16-6-2-4-11-3-1-5-13(18(11)16)17(23)10-24-19/h1-9,19,22H,10H2. The molecule has 4 rings (SSSR count). The Balaban J connectivity index is 1.85.